The van der Waals surface area contributed by atoms with Crippen LogP contribution in [0, 0.1) is 5.92 Å². The van der Waals surface area contributed by atoms with Crippen LogP contribution in [-0.2, 0) is 9.53 Å². The van der Waals surface area contributed by atoms with Gasteiger partial charge in [-0.25, -0.2) is 0 Å². The molecule has 1 aromatic carbocycles. The van der Waals surface area contributed by atoms with Gasteiger partial charge in [-0.15, -0.1) is 6.58 Å². The SMILES string of the molecule is C=C[C@H]1c2ccccc2[C@@H](O)[C@@H]1CC(=O)OC. The molecule has 1 N–H and O–H groups in total. The van der Waals surface area contributed by atoms with Gasteiger partial charge in [0, 0.05) is 11.8 Å². The quantitative estimate of drug-likeness (QED) is 0.642. The Morgan fingerprint density at radius 2 is 2.12 bits per heavy atom. The highest BCUT2D eigenvalue weighted by molar-refractivity contribution is 5.70. The highest BCUT2D eigenvalue weighted by Crippen LogP contribution is 2.47. The second-order valence-electron chi connectivity index (χ2n) is 4.28. The lowest BCUT2D eigenvalue weighted by molar-refractivity contribution is -0.142. The molecule has 0 spiro atoms. The zero-order valence-corrected chi connectivity index (χ0v) is 9.80. The molecule has 17 heavy (non-hydrogen) atoms. The Labute approximate surface area is 101 Å². The number of hydrogen-bond acceptors (Lipinski definition) is 3. The van der Waals surface area contributed by atoms with Crippen molar-refractivity contribution in [2.24, 2.45) is 5.92 Å². The molecule has 0 fully saturated rings. The van der Waals surface area contributed by atoms with Crippen LogP contribution in [0.25, 0.3) is 0 Å². The second kappa shape index (κ2) is 4.72. The van der Waals surface area contributed by atoms with Gasteiger partial charge in [-0.1, -0.05) is 30.3 Å². The monoisotopic (exact) mass is 232 g/mol. The van der Waals surface area contributed by atoms with Crippen LogP contribution in [0.15, 0.2) is 36.9 Å². The fourth-order valence-electron chi connectivity index (χ4n) is 2.56. The van der Waals surface area contributed by atoms with Gasteiger partial charge in [-0.2, -0.15) is 0 Å². The minimum Gasteiger partial charge on any atom is -0.469 e. The third-order valence-corrected chi connectivity index (χ3v) is 3.42. The predicted molar refractivity (Wildman–Crippen MR) is 64.5 cm³/mol. The van der Waals surface area contributed by atoms with Crippen LogP contribution >= 0.6 is 0 Å². The lowest BCUT2D eigenvalue weighted by Gasteiger charge is -2.18. The summed E-state index contributed by atoms with van der Waals surface area (Å²) in [5, 5.41) is 10.2. The summed E-state index contributed by atoms with van der Waals surface area (Å²) in [6.45, 7) is 3.80. The van der Waals surface area contributed by atoms with Gasteiger partial charge >= 0.3 is 5.97 Å². The van der Waals surface area contributed by atoms with Gasteiger partial charge < -0.3 is 9.84 Å². The Kier molecular flexibility index (Phi) is 3.29. The zero-order valence-electron chi connectivity index (χ0n) is 9.80. The van der Waals surface area contributed by atoms with Gasteiger partial charge in [0.2, 0.25) is 0 Å². The molecule has 3 atom stereocenters. The van der Waals surface area contributed by atoms with E-state index in [0.717, 1.165) is 11.1 Å². The summed E-state index contributed by atoms with van der Waals surface area (Å²) in [4.78, 5) is 11.4. The van der Waals surface area contributed by atoms with E-state index in [1.807, 2.05) is 24.3 Å². The van der Waals surface area contributed by atoms with Gasteiger partial charge in [-0.3, -0.25) is 4.79 Å². The average Bonchev–Trinajstić information content (AvgIpc) is 2.63. The smallest absolute Gasteiger partial charge is 0.305 e. The van der Waals surface area contributed by atoms with Crippen molar-refractivity contribution in [3.8, 4) is 0 Å². The first-order valence-corrected chi connectivity index (χ1v) is 5.65. The minimum atomic E-state index is -0.617. The zero-order chi connectivity index (χ0) is 12.4. The normalized spacial score (nSPS) is 26.4. The summed E-state index contributed by atoms with van der Waals surface area (Å²) < 4.78 is 4.67. The van der Waals surface area contributed by atoms with Crippen molar-refractivity contribution in [2.45, 2.75) is 18.4 Å². The Morgan fingerprint density at radius 3 is 2.71 bits per heavy atom. The van der Waals surface area contributed by atoms with E-state index in [2.05, 4.69) is 11.3 Å². The highest BCUT2D eigenvalue weighted by Gasteiger charge is 2.39. The summed E-state index contributed by atoms with van der Waals surface area (Å²) in [6.07, 6.45) is 1.39. The van der Waals surface area contributed by atoms with E-state index >= 15 is 0 Å². The predicted octanol–water partition coefficient (Wildman–Crippen LogP) is 2.18. The molecule has 1 aliphatic carbocycles. The summed E-state index contributed by atoms with van der Waals surface area (Å²) in [6, 6.07) is 7.70. The van der Waals surface area contributed by atoms with Crippen molar-refractivity contribution >= 4 is 5.97 Å². The average molecular weight is 232 g/mol. The first-order chi connectivity index (χ1) is 8.19. The first-order valence-electron chi connectivity index (χ1n) is 5.65. The number of benzene rings is 1. The second-order valence-corrected chi connectivity index (χ2v) is 4.28. The van der Waals surface area contributed by atoms with Gasteiger partial charge in [0.25, 0.3) is 0 Å². The van der Waals surface area contributed by atoms with Crippen molar-refractivity contribution in [3.05, 3.63) is 48.0 Å². The van der Waals surface area contributed by atoms with E-state index in [9.17, 15) is 9.90 Å². The molecule has 1 aromatic rings. The molecule has 2 rings (SSSR count). The van der Waals surface area contributed by atoms with E-state index in [1.165, 1.54) is 7.11 Å². The summed E-state index contributed by atoms with van der Waals surface area (Å²) in [5.41, 5.74) is 1.95. The third-order valence-electron chi connectivity index (χ3n) is 3.42. The van der Waals surface area contributed by atoms with Crippen LogP contribution in [0.4, 0.5) is 0 Å². The van der Waals surface area contributed by atoms with Crippen molar-refractivity contribution < 1.29 is 14.6 Å². The van der Waals surface area contributed by atoms with Gasteiger partial charge in [-0.05, 0) is 11.1 Å². The van der Waals surface area contributed by atoms with Gasteiger partial charge in [0.15, 0.2) is 0 Å². The van der Waals surface area contributed by atoms with Gasteiger partial charge in [0.1, 0.15) is 0 Å². The standard InChI is InChI=1S/C14H16O3/c1-3-9-10-6-4-5-7-11(10)14(16)12(9)8-13(15)17-2/h3-7,9,12,14,16H,1,8H2,2H3/t9-,12+,14+/m0/s1. The number of carbonyl (C=O) groups is 1. The van der Waals surface area contributed by atoms with Crippen molar-refractivity contribution in [3.63, 3.8) is 0 Å². The van der Waals surface area contributed by atoms with Crippen LogP contribution < -0.4 is 0 Å². The molecule has 0 aliphatic heterocycles. The maximum atomic E-state index is 11.4. The number of ether oxygens (including phenoxy) is 1. The van der Waals surface area contributed by atoms with E-state index in [1.54, 1.807) is 6.08 Å². The summed E-state index contributed by atoms with van der Waals surface area (Å²) in [5.74, 6) is -0.452. The Balaban J connectivity index is 2.31. The molecule has 0 aromatic heterocycles. The number of methoxy groups -OCH3 is 1. The lowest BCUT2D eigenvalue weighted by Crippen LogP contribution is -2.16. The number of hydrogen-bond donors (Lipinski definition) is 1. The molecule has 0 saturated carbocycles. The molecule has 1 aliphatic rings. The molecule has 90 valence electrons. The number of esters is 1. The number of rotatable bonds is 3. The first kappa shape index (κ1) is 11.9. The fourth-order valence-corrected chi connectivity index (χ4v) is 2.56. The van der Waals surface area contributed by atoms with Gasteiger partial charge in [0.05, 0.1) is 19.6 Å². The molecule has 3 heteroatoms. The van der Waals surface area contributed by atoms with E-state index in [0.29, 0.717) is 0 Å². The number of allylic oxidation sites excluding steroid dienone is 1. The van der Waals surface area contributed by atoms with Crippen LogP contribution in [0.5, 0.6) is 0 Å². The van der Waals surface area contributed by atoms with Crippen molar-refractivity contribution in [1.29, 1.82) is 0 Å². The van der Waals surface area contributed by atoms with Crippen LogP contribution in [0.1, 0.15) is 29.6 Å². The molecular formula is C14H16O3. The maximum absolute atomic E-state index is 11.4. The number of carbonyl (C=O) groups excluding carboxylic acids is 1. The molecule has 0 bridgehead atoms. The molecule has 0 heterocycles. The lowest BCUT2D eigenvalue weighted by atomic mass is 9.89. The topological polar surface area (TPSA) is 46.5 Å². The van der Waals surface area contributed by atoms with Crippen molar-refractivity contribution in [1.82, 2.24) is 0 Å². The third kappa shape index (κ3) is 1.98. The molecule has 3 nitrogen and oxygen atoms in total. The van der Waals surface area contributed by atoms with Crippen molar-refractivity contribution in [2.75, 3.05) is 7.11 Å². The van der Waals surface area contributed by atoms with Crippen LogP contribution in [0.3, 0.4) is 0 Å². The Morgan fingerprint density at radius 1 is 1.47 bits per heavy atom. The number of aliphatic hydroxyl groups is 1. The fraction of sp³-hybridized carbons (Fsp3) is 0.357. The molecule has 0 unspecified atom stereocenters. The van der Waals surface area contributed by atoms with Crippen LogP contribution in [0.2, 0.25) is 0 Å². The summed E-state index contributed by atoms with van der Waals surface area (Å²) >= 11 is 0. The van der Waals surface area contributed by atoms with E-state index < -0.39 is 6.10 Å². The molecule has 0 saturated heterocycles. The maximum Gasteiger partial charge on any atom is 0.305 e. The Bertz CT molecular complexity index is 439. The molecule has 0 amide bonds. The van der Waals surface area contributed by atoms with E-state index in [-0.39, 0.29) is 24.2 Å². The van der Waals surface area contributed by atoms with Crippen LogP contribution in [-0.4, -0.2) is 18.2 Å². The number of fused-ring (bicyclic) bond motifs is 1. The largest absolute Gasteiger partial charge is 0.469 e. The molecular weight excluding hydrogens is 216 g/mol. The Hall–Kier alpha value is -1.61. The molecule has 0 radical (unpaired) electrons. The minimum absolute atomic E-state index is 0.0142. The summed E-state index contributed by atoms with van der Waals surface area (Å²) in [7, 11) is 1.36. The highest BCUT2D eigenvalue weighted by atomic mass is 16.5. The van der Waals surface area contributed by atoms with E-state index in [4.69, 9.17) is 0 Å². The number of aliphatic hydroxyl groups excluding tert-OH is 1.